The summed E-state index contributed by atoms with van der Waals surface area (Å²) in [6.07, 6.45) is 2.62. The van der Waals surface area contributed by atoms with Crippen LogP contribution in [-0.4, -0.2) is 6.54 Å². The van der Waals surface area contributed by atoms with Gasteiger partial charge >= 0.3 is 0 Å². The van der Waals surface area contributed by atoms with E-state index in [4.69, 9.17) is 0 Å². The number of thiophene rings is 1. The summed E-state index contributed by atoms with van der Waals surface area (Å²) in [6.45, 7) is 6.72. The molecule has 0 bridgehead atoms. The minimum Gasteiger partial charge on any atom is -0.312 e. The van der Waals surface area contributed by atoms with Crippen LogP contribution < -0.4 is 5.32 Å². The van der Waals surface area contributed by atoms with E-state index in [1.165, 1.54) is 18.4 Å². The standard InChI is InChI=1S/C11H19NS/c1-3-4-10(2)7-12-8-11-5-6-13-9-11/h5-6,9-10,12H,3-4,7-8H2,1-2H3. The summed E-state index contributed by atoms with van der Waals surface area (Å²) in [7, 11) is 0. The molecule has 0 aliphatic heterocycles. The molecule has 2 heteroatoms. The monoisotopic (exact) mass is 197 g/mol. The number of rotatable bonds is 6. The first-order valence-electron chi connectivity index (χ1n) is 5.04. The van der Waals surface area contributed by atoms with Crippen LogP contribution in [0.3, 0.4) is 0 Å². The summed E-state index contributed by atoms with van der Waals surface area (Å²) in [5.41, 5.74) is 1.41. The quantitative estimate of drug-likeness (QED) is 0.738. The first kappa shape index (κ1) is 10.7. The average molecular weight is 197 g/mol. The Hall–Kier alpha value is -0.340. The maximum atomic E-state index is 3.48. The lowest BCUT2D eigenvalue weighted by molar-refractivity contribution is 0.476. The van der Waals surface area contributed by atoms with Crippen molar-refractivity contribution < 1.29 is 0 Å². The normalized spacial score (nSPS) is 13.1. The number of hydrogen-bond acceptors (Lipinski definition) is 2. The smallest absolute Gasteiger partial charge is 0.0213 e. The molecule has 0 saturated heterocycles. The second-order valence-electron chi connectivity index (χ2n) is 3.66. The Morgan fingerprint density at radius 2 is 2.38 bits per heavy atom. The predicted octanol–water partition coefficient (Wildman–Crippen LogP) is 3.27. The van der Waals surface area contributed by atoms with Crippen LogP contribution in [0, 0.1) is 5.92 Å². The Labute approximate surface area is 85.2 Å². The molecule has 0 fully saturated rings. The van der Waals surface area contributed by atoms with Gasteiger partial charge in [0.15, 0.2) is 0 Å². The first-order valence-corrected chi connectivity index (χ1v) is 5.99. The van der Waals surface area contributed by atoms with Crippen LogP contribution in [0.15, 0.2) is 16.8 Å². The lowest BCUT2D eigenvalue weighted by atomic mass is 10.1. The van der Waals surface area contributed by atoms with Crippen molar-refractivity contribution >= 4 is 11.3 Å². The molecule has 0 aromatic carbocycles. The molecule has 1 atom stereocenters. The van der Waals surface area contributed by atoms with Crippen molar-refractivity contribution in [1.29, 1.82) is 0 Å². The molecule has 1 aromatic heterocycles. The molecule has 0 amide bonds. The molecule has 0 spiro atoms. The van der Waals surface area contributed by atoms with Gasteiger partial charge in [0.1, 0.15) is 0 Å². The fourth-order valence-electron chi connectivity index (χ4n) is 1.45. The third-order valence-electron chi connectivity index (χ3n) is 2.18. The molecular formula is C11H19NS. The molecule has 74 valence electrons. The minimum absolute atomic E-state index is 0.809. The Morgan fingerprint density at radius 3 is 3.00 bits per heavy atom. The van der Waals surface area contributed by atoms with E-state index in [-0.39, 0.29) is 0 Å². The van der Waals surface area contributed by atoms with E-state index in [0.717, 1.165) is 19.0 Å². The second kappa shape index (κ2) is 6.17. The average Bonchev–Trinajstić information content (AvgIpc) is 2.57. The van der Waals surface area contributed by atoms with E-state index in [1.807, 2.05) is 0 Å². The van der Waals surface area contributed by atoms with E-state index >= 15 is 0 Å². The summed E-state index contributed by atoms with van der Waals surface area (Å²) in [5.74, 6) is 0.809. The van der Waals surface area contributed by atoms with Gasteiger partial charge in [-0.1, -0.05) is 20.3 Å². The minimum atomic E-state index is 0.809. The zero-order chi connectivity index (χ0) is 9.52. The van der Waals surface area contributed by atoms with Crippen molar-refractivity contribution in [1.82, 2.24) is 5.32 Å². The molecule has 0 aliphatic rings. The molecule has 1 unspecified atom stereocenters. The highest BCUT2D eigenvalue weighted by molar-refractivity contribution is 7.07. The highest BCUT2D eigenvalue weighted by Crippen LogP contribution is 2.06. The van der Waals surface area contributed by atoms with Crippen molar-refractivity contribution in [2.75, 3.05) is 6.54 Å². The molecule has 1 rings (SSSR count). The molecule has 1 heterocycles. The highest BCUT2D eigenvalue weighted by Gasteiger charge is 1.99. The van der Waals surface area contributed by atoms with Gasteiger partial charge in [0.25, 0.3) is 0 Å². The fraction of sp³-hybridized carbons (Fsp3) is 0.636. The van der Waals surface area contributed by atoms with E-state index in [0.29, 0.717) is 0 Å². The molecule has 0 radical (unpaired) electrons. The summed E-state index contributed by atoms with van der Waals surface area (Å²) in [4.78, 5) is 0. The Morgan fingerprint density at radius 1 is 1.54 bits per heavy atom. The van der Waals surface area contributed by atoms with Gasteiger partial charge in [-0.2, -0.15) is 11.3 Å². The SMILES string of the molecule is CCCC(C)CNCc1ccsc1. The van der Waals surface area contributed by atoms with Gasteiger partial charge in [-0.15, -0.1) is 0 Å². The predicted molar refractivity (Wildman–Crippen MR) is 60.1 cm³/mol. The van der Waals surface area contributed by atoms with Gasteiger partial charge in [0, 0.05) is 6.54 Å². The lowest BCUT2D eigenvalue weighted by Gasteiger charge is -2.10. The first-order chi connectivity index (χ1) is 6.33. The Balaban J connectivity index is 2.07. The van der Waals surface area contributed by atoms with E-state index in [2.05, 4.69) is 36.0 Å². The van der Waals surface area contributed by atoms with Crippen LogP contribution in [0.2, 0.25) is 0 Å². The van der Waals surface area contributed by atoms with E-state index < -0.39 is 0 Å². The van der Waals surface area contributed by atoms with Crippen molar-refractivity contribution in [2.45, 2.75) is 33.2 Å². The summed E-state index contributed by atoms with van der Waals surface area (Å²) in [6, 6.07) is 2.18. The van der Waals surface area contributed by atoms with Crippen molar-refractivity contribution in [3.8, 4) is 0 Å². The van der Waals surface area contributed by atoms with Crippen LogP contribution in [0.5, 0.6) is 0 Å². The molecule has 1 N–H and O–H groups in total. The van der Waals surface area contributed by atoms with Crippen LogP contribution in [-0.2, 0) is 6.54 Å². The molecule has 13 heavy (non-hydrogen) atoms. The lowest BCUT2D eigenvalue weighted by Crippen LogP contribution is -2.20. The fourth-order valence-corrected chi connectivity index (χ4v) is 2.12. The summed E-state index contributed by atoms with van der Waals surface area (Å²) < 4.78 is 0. The maximum Gasteiger partial charge on any atom is 0.0213 e. The third-order valence-corrected chi connectivity index (χ3v) is 2.92. The number of nitrogens with one attached hydrogen (secondary N) is 1. The highest BCUT2D eigenvalue weighted by atomic mass is 32.1. The molecule has 0 saturated carbocycles. The molecule has 0 aliphatic carbocycles. The second-order valence-corrected chi connectivity index (χ2v) is 4.44. The van der Waals surface area contributed by atoms with Crippen LogP contribution in [0.25, 0.3) is 0 Å². The summed E-state index contributed by atoms with van der Waals surface area (Å²) >= 11 is 1.77. The van der Waals surface area contributed by atoms with Gasteiger partial charge in [-0.25, -0.2) is 0 Å². The van der Waals surface area contributed by atoms with Crippen LogP contribution in [0.4, 0.5) is 0 Å². The van der Waals surface area contributed by atoms with Gasteiger partial charge in [0.05, 0.1) is 0 Å². The molecule has 1 nitrogen and oxygen atoms in total. The van der Waals surface area contributed by atoms with Crippen molar-refractivity contribution in [3.63, 3.8) is 0 Å². The topological polar surface area (TPSA) is 12.0 Å². The Kier molecular flexibility index (Phi) is 5.09. The molecule has 1 aromatic rings. The zero-order valence-electron chi connectivity index (χ0n) is 8.55. The van der Waals surface area contributed by atoms with Crippen LogP contribution >= 0.6 is 11.3 Å². The summed E-state index contributed by atoms with van der Waals surface area (Å²) in [5, 5.41) is 7.82. The van der Waals surface area contributed by atoms with E-state index in [9.17, 15) is 0 Å². The molecular weight excluding hydrogens is 178 g/mol. The largest absolute Gasteiger partial charge is 0.312 e. The van der Waals surface area contributed by atoms with Crippen molar-refractivity contribution in [3.05, 3.63) is 22.4 Å². The van der Waals surface area contributed by atoms with Crippen molar-refractivity contribution in [2.24, 2.45) is 5.92 Å². The van der Waals surface area contributed by atoms with Gasteiger partial charge in [-0.3, -0.25) is 0 Å². The van der Waals surface area contributed by atoms with Gasteiger partial charge in [-0.05, 0) is 41.3 Å². The van der Waals surface area contributed by atoms with Gasteiger partial charge < -0.3 is 5.32 Å². The van der Waals surface area contributed by atoms with E-state index in [1.54, 1.807) is 11.3 Å². The Bertz CT molecular complexity index is 206. The van der Waals surface area contributed by atoms with Gasteiger partial charge in [0.2, 0.25) is 0 Å². The van der Waals surface area contributed by atoms with Crippen LogP contribution in [0.1, 0.15) is 32.3 Å². The zero-order valence-corrected chi connectivity index (χ0v) is 9.36. The maximum absolute atomic E-state index is 3.48. The number of hydrogen-bond donors (Lipinski definition) is 1. The third kappa shape index (κ3) is 4.44.